The fourth-order valence-electron chi connectivity index (χ4n) is 1.81. The highest BCUT2D eigenvalue weighted by molar-refractivity contribution is 7.07. The summed E-state index contributed by atoms with van der Waals surface area (Å²) in [5.74, 6) is 0. The summed E-state index contributed by atoms with van der Waals surface area (Å²) in [6.45, 7) is 5.19. The van der Waals surface area contributed by atoms with Crippen LogP contribution in [0.1, 0.15) is 36.8 Å². The van der Waals surface area contributed by atoms with Crippen LogP contribution in [0.15, 0.2) is 22.9 Å². The molecule has 92 valence electrons. The van der Waals surface area contributed by atoms with Gasteiger partial charge in [0.25, 0.3) is 0 Å². The van der Waals surface area contributed by atoms with Gasteiger partial charge in [-0.3, -0.25) is 4.68 Å². The Kier molecular flexibility index (Phi) is 3.97. The minimum atomic E-state index is 0.390. The lowest BCUT2D eigenvalue weighted by Crippen LogP contribution is -2.19. The molecule has 2 rings (SSSR count). The van der Waals surface area contributed by atoms with Crippen molar-refractivity contribution in [2.45, 2.75) is 32.9 Å². The molecule has 0 aliphatic carbocycles. The van der Waals surface area contributed by atoms with Crippen molar-refractivity contribution in [1.82, 2.24) is 15.1 Å². The van der Waals surface area contributed by atoms with Crippen LogP contribution < -0.4 is 5.32 Å². The quantitative estimate of drug-likeness (QED) is 0.883. The third kappa shape index (κ3) is 2.96. The lowest BCUT2D eigenvalue weighted by Gasteiger charge is -2.12. The predicted molar refractivity (Wildman–Crippen MR) is 72.2 cm³/mol. The largest absolute Gasteiger partial charge is 0.305 e. The molecule has 3 nitrogen and oxygen atoms in total. The molecule has 2 aromatic rings. The Morgan fingerprint density at radius 2 is 2.35 bits per heavy atom. The monoisotopic (exact) mass is 249 g/mol. The minimum absolute atomic E-state index is 0.390. The van der Waals surface area contributed by atoms with Crippen molar-refractivity contribution in [3.05, 3.63) is 39.8 Å². The number of rotatable bonds is 5. The molecule has 0 amide bonds. The van der Waals surface area contributed by atoms with Crippen molar-refractivity contribution < 1.29 is 0 Å². The van der Waals surface area contributed by atoms with Gasteiger partial charge in [-0.05, 0) is 41.8 Å². The molecule has 0 saturated heterocycles. The summed E-state index contributed by atoms with van der Waals surface area (Å²) in [7, 11) is 2.01. The maximum Gasteiger partial charge on any atom is 0.0625 e. The Labute approximate surface area is 106 Å². The van der Waals surface area contributed by atoms with Gasteiger partial charge in [0.2, 0.25) is 0 Å². The van der Waals surface area contributed by atoms with Crippen molar-refractivity contribution in [2.24, 2.45) is 7.05 Å². The molecule has 0 fully saturated rings. The zero-order valence-electron chi connectivity index (χ0n) is 10.6. The van der Waals surface area contributed by atoms with Crippen LogP contribution in [0.2, 0.25) is 0 Å². The number of aromatic nitrogens is 2. The predicted octanol–water partition coefficient (Wildman–Crippen LogP) is 2.89. The van der Waals surface area contributed by atoms with Gasteiger partial charge in [0.05, 0.1) is 11.4 Å². The molecule has 0 aliphatic heterocycles. The van der Waals surface area contributed by atoms with Crippen molar-refractivity contribution in [3.63, 3.8) is 0 Å². The molecule has 0 spiro atoms. The van der Waals surface area contributed by atoms with E-state index in [-0.39, 0.29) is 0 Å². The Balaban J connectivity index is 1.95. The first-order chi connectivity index (χ1) is 8.20. The average molecular weight is 249 g/mol. The zero-order chi connectivity index (χ0) is 12.3. The number of hydrogen-bond acceptors (Lipinski definition) is 3. The molecule has 4 heteroatoms. The van der Waals surface area contributed by atoms with E-state index in [0.29, 0.717) is 6.04 Å². The van der Waals surface area contributed by atoms with Gasteiger partial charge in [0, 0.05) is 19.6 Å². The zero-order valence-corrected chi connectivity index (χ0v) is 11.4. The molecule has 17 heavy (non-hydrogen) atoms. The maximum absolute atomic E-state index is 4.45. The lowest BCUT2D eigenvalue weighted by molar-refractivity contribution is 0.549. The SMILES string of the molecule is CCc1cc(CNC(C)c2ccsc2)n(C)n1. The van der Waals surface area contributed by atoms with Crippen LogP contribution in [-0.2, 0) is 20.0 Å². The molecule has 0 aliphatic rings. The molecule has 0 radical (unpaired) electrons. The molecule has 1 unspecified atom stereocenters. The van der Waals surface area contributed by atoms with E-state index in [1.54, 1.807) is 11.3 Å². The molecule has 1 atom stereocenters. The Bertz CT molecular complexity index is 459. The normalized spacial score (nSPS) is 12.9. The second-order valence-electron chi connectivity index (χ2n) is 4.26. The summed E-state index contributed by atoms with van der Waals surface area (Å²) in [6, 6.07) is 4.73. The summed E-state index contributed by atoms with van der Waals surface area (Å²) in [5.41, 5.74) is 3.75. The van der Waals surface area contributed by atoms with Crippen LogP contribution >= 0.6 is 11.3 Å². The van der Waals surface area contributed by atoms with Gasteiger partial charge >= 0.3 is 0 Å². The first kappa shape index (κ1) is 12.3. The summed E-state index contributed by atoms with van der Waals surface area (Å²) < 4.78 is 1.96. The average Bonchev–Trinajstić information content (AvgIpc) is 2.95. The van der Waals surface area contributed by atoms with Crippen LogP contribution in [0, 0.1) is 0 Å². The van der Waals surface area contributed by atoms with E-state index >= 15 is 0 Å². The topological polar surface area (TPSA) is 29.9 Å². The molecule has 0 saturated carbocycles. The second kappa shape index (κ2) is 5.47. The van der Waals surface area contributed by atoms with E-state index in [2.05, 4.69) is 47.2 Å². The van der Waals surface area contributed by atoms with E-state index in [1.807, 2.05) is 11.7 Å². The summed E-state index contributed by atoms with van der Waals surface area (Å²) in [6.07, 6.45) is 0.994. The van der Waals surface area contributed by atoms with Crippen LogP contribution in [0.25, 0.3) is 0 Å². The maximum atomic E-state index is 4.45. The molecule has 0 bridgehead atoms. The molecule has 2 heterocycles. The molecular formula is C13H19N3S. The standard InChI is InChI=1S/C13H19N3S/c1-4-12-7-13(16(3)15-12)8-14-10(2)11-5-6-17-9-11/h5-7,9-10,14H,4,8H2,1-3H3. The van der Waals surface area contributed by atoms with Crippen molar-refractivity contribution in [2.75, 3.05) is 0 Å². The number of nitrogens with zero attached hydrogens (tertiary/aromatic N) is 2. The fraction of sp³-hybridized carbons (Fsp3) is 0.462. The van der Waals surface area contributed by atoms with Crippen molar-refractivity contribution in [1.29, 1.82) is 0 Å². The van der Waals surface area contributed by atoms with Gasteiger partial charge in [-0.15, -0.1) is 0 Å². The number of hydrogen-bond donors (Lipinski definition) is 1. The Morgan fingerprint density at radius 1 is 1.53 bits per heavy atom. The van der Waals surface area contributed by atoms with Gasteiger partial charge in [-0.25, -0.2) is 0 Å². The Hall–Kier alpha value is -1.13. The van der Waals surface area contributed by atoms with E-state index < -0.39 is 0 Å². The first-order valence-corrected chi connectivity index (χ1v) is 6.92. The highest BCUT2D eigenvalue weighted by Gasteiger charge is 2.07. The van der Waals surface area contributed by atoms with Crippen molar-refractivity contribution >= 4 is 11.3 Å². The van der Waals surface area contributed by atoms with E-state index in [0.717, 1.165) is 18.7 Å². The smallest absolute Gasteiger partial charge is 0.0625 e. The van der Waals surface area contributed by atoms with E-state index in [1.165, 1.54) is 11.3 Å². The second-order valence-corrected chi connectivity index (χ2v) is 5.04. The molecule has 0 aromatic carbocycles. The molecule has 2 aromatic heterocycles. The molecule has 1 N–H and O–H groups in total. The van der Waals surface area contributed by atoms with Crippen LogP contribution in [0.4, 0.5) is 0 Å². The van der Waals surface area contributed by atoms with Gasteiger partial charge in [-0.2, -0.15) is 16.4 Å². The van der Waals surface area contributed by atoms with E-state index in [9.17, 15) is 0 Å². The third-order valence-corrected chi connectivity index (χ3v) is 3.72. The van der Waals surface area contributed by atoms with Crippen LogP contribution in [0.3, 0.4) is 0 Å². The van der Waals surface area contributed by atoms with E-state index in [4.69, 9.17) is 0 Å². The van der Waals surface area contributed by atoms with Gasteiger partial charge in [0.15, 0.2) is 0 Å². The van der Waals surface area contributed by atoms with Crippen molar-refractivity contribution in [3.8, 4) is 0 Å². The van der Waals surface area contributed by atoms with Gasteiger partial charge in [0.1, 0.15) is 0 Å². The third-order valence-electron chi connectivity index (χ3n) is 3.02. The summed E-state index contributed by atoms with van der Waals surface area (Å²) in [5, 5.41) is 12.3. The summed E-state index contributed by atoms with van der Waals surface area (Å²) >= 11 is 1.74. The van der Waals surface area contributed by atoms with Gasteiger partial charge < -0.3 is 5.32 Å². The molecular weight excluding hydrogens is 230 g/mol. The van der Waals surface area contributed by atoms with Crippen LogP contribution in [0.5, 0.6) is 0 Å². The summed E-state index contributed by atoms with van der Waals surface area (Å²) in [4.78, 5) is 0. The Morgan fingerprint density at radius 3 is 2.94 bits per heavy atom. The fourth-order valence-corrected chi connectivity index (χ4v) is 2.56. The number of thiophene rings is 1. The lowest BCUT2D eigenvalue weighted by atomic mass is 10.2. The van der Waals surface area contributed by atoms with Crippen LogP contribution in [-0.4, -0.2) is 9.78 Å². The first-order valence-electron chi connectivity index (χ1n) is 5.98. The highest BCUT2D eigenvalue weighted by Crippen LogP contribution is 2.16. The number of aryl methyl sites for hydroxylation is 2. The highest BCUT2D eigenvalue weighted by atomic mass is 32.1. The number of nitrogens with one attached hydrogen (secondary N) is 1. The van der Waals surface area contributed by atoms with Gasteiger partial charge in [-0.1, -0.05) is 6.92 Å². The minimum Gasteiger partial charge on any atom is -0.305 e.